The van der Waals surface area contributed by atoms with E-state index in [-0.39, 0.29) is 115 Å². The van der Waals surface area contributed by atoms with Gasteiger partial charge in [0.25, 0.3) is 0 Å². The van der Waals surface area contributed by atoms with E-state index in [0.717, 1.165) is 155 Å². The molecule has 0 aliphatic carbocycles. The predicted octanol–water partition coefficient (Wildman–Crippen LogP) is 11.1. The first-order chi connectivity index (χ1) is 36.9. The van der Waals surface area contributed by atoms with E-state index in [4.69, 9.17) is 33.2 Å². The third kappa shape index (κ3) is 35.4. The minimum Gasteiger partial charge on any atom is -0.465 e. The molecule has 17 nitrogen and oxygen atoms in total. The van der Waals surface area contributed by atoms with E-state index >= 15 is 0 Å². The molecule has 2 heterocycles. The summed E-state index contributed by atoms with van der Waals surface area (Å²) in [5.41, 5.74) is 0. The molecule has 0 bridgehead atoms. The molecule has 2 rings (SSSR count). The lowest BCUT2D eigenvalue weighted by Crippen LogP contribution is -2.46. The maximum absolute atomic E-state index is 13.7. The van der Waals surface area contributed by atoms with E-state index < -0.39 is 42.0 Å². The van der Waals surface area contributed by atoms with Crippen molar-refractivity contribution in [3.8, 4) is 0 Å². The number of likely N-dealkylation sites (tertiary alicyclic amines) is 1. The van der Waals surface area contributed by atoms with Gasteiger partial charge < -0.3 is 38.1 Å². The largest absolute Gasteiger partial charge is 0.465 e. The first-order valence-corrected chi connectivity index (χ1v) is 30.2. The van der Waals surface area contributed by atoms with E-state index in [2.05, 4.69) is 44.5 Å². The van der Waals surface area contributed by atoms with Gasteiger partial charge in [0.05, 0.1) is 51.9 Å². The van der Waals surface area contributed by atoms with Crippen LogP contribution in [0.2, 0.25) is 0 Å². The number of nitrogens with zero attached hydrogens (tertiary/aromatic N) is 3. The van der Waals surface area contributed by atoms with Gasteiger partial charge in [-0.05, 0) is 32.7 Å². The number of esters is 6. The second kappa shape index (κ2) is 44.9. The molecule has 0 spiro atoms. The standard InChI is InChI=1S/C59H105N3O14/c1-6-10-14-18-22-26-30-53(63)71-44-49(45-72-54(64)31-27-23-19-15-11-7-2)40-57(67)75-48-51-42-52(43-62(51)59(69)70-39-38-61-36-34-60(5)35-37-61)76-58(68)41-50(46-73-55(65)32-28-24-20-16-12-8-3)47-74-56(66)33-29-25-21-17-13-9-4/h49-52H,6-48H2,1-5H3/t51-,52+/m0/s1. The van der Waals surface area contributed by atoms with Gasteiger partial charge in [-0.2, -0.15) is 0 Å². The maximum atomic E-state index is 13.7. The third-order valence-electron chi connectivity index (χ3n) is 14.3. The Labute approximate surface area is 458 Å². The van der Waals surface area contributed by atoms with E-state index in [1.165, 1.54) is 4.90 Å². The van der Waals surface area contributed by atoms with Crippen LogP contribution in [0.25, 0.3) is 0 Å². The first kappa shape index (κ1) is 68.1. The van der Waals surface area contributed by atoms with Crippen molar-refractivity contribution >= 4 is 41.9 Å². The Kier molecular flexibility index (Phi) is 40.3. The molecule has 0 radical (unpaired) electrons. The Morgan fingerprint density at radius 3 is 1.20 bits per heavy atom. The number of carbonyl (C=O) groups excluding carboxylic acids is 7. The van der Waals surface area contributed by atoms with E-state index in [1.807, 2.05) is 0 Å². The van der Waals surface area contributed by atoms with Crippen LogP contribution in [0, 0.1) is 11.8 Å². The number of amides is 1. The summed E-state index contributed by atoms with van der Waals surface area (Å²) < 4.78 is 39.9. The number of hydrogen-bond acceptors (Lipinski definition) is 16. The van der Waals surface area contributed by atoms with Crippen molar-refractivity contribution < 1.29 is 66.7 Å². The summed E-state index contributed by atoms with van der Waals surface area (Å²) in [6, 6.07) is -0.705. The Balaban J connectivity index is 2.13. The molecule has 440 valence electrons. The van der Waals surface area contributed by atoms with Crippen molar-refractivity contribution in [3.05, 3.63) is 0 Å². The highest BCUT2D eigenvalue weighted by Crippen LogP contribution is 2.24. The number of carbonyl (C=O) groups is 7. The minimum atomic E-state index is -0.780. The van der Waals surface area contributed by atoms with Gasteiger partial charge >= 0.3 is 41.9 Å². The van der Waals surface area contributed by atoms with Crippen molar-refractivity contribution in [2.75, 3.05) is 86.0 Å². The highest BCUT2D eigenvalue weighted by Gasteiger charge is 2.40. The summed E-state index contributed by atoms with van der Waals surface area (Å²) in [6.45, 7) is 12.1. The summed E-state index contributed by atoms with van der Waals surface area (Å²) in [5, 5.41) is 0. The molecule has 2 aliphatic rings. The molecule has 0 saturated carbocycles. The highest BCUT2D eigenvalue weighted by molar-refractivity contribution is 5.73. The monoisotopic (exact) mass is 1080 g/mol. The quantitative estimate of drug-likeness (QED) is 0.0317. The minimum absolute atomic E-state index is 0.0157. The zero-order chi connectivity index (χ0) is 55.4. The van der Waals surface area contributed by atoms with Crippen molar-refractivity contribution in [1.82, 2.24) is 14.7 Å². The van der Waals surface area contributed by atoms with Crippen LogP contribution in [0.15, 0.2) is 0 Å². The zero-order valence-electron chi connectivity index (χ0n) is 48.3. The molecule has 17 heteroatoms. The highest BCUT2D eigenvalue weighted by atomic mass is 16.6. The lowest BCUT2D eigenvalue weighted by molar-refractivity contribution is -0.157. The molecule has 2 saturated heterocycles. The molecule has 2 fully saturated rings. The normalized spacial score (nSPS) is 16.0. The van der Waals surface area contributed by atoms with Crippen LogP contribution in [0.5, 0.6) is 0 Å². The topological polar surface area (TPSA) is 194 Å². The van der Waals surface area contributed by atoms with Gasteiger partial charge in [0.15, 0.2) is 0 Å². The molecule has 0 aromatic rings. The third-order valence-corrected chi connectivity index (χ3v) is 14.3. The Morgan fingerprint density at radius 2 is 0.803 bits per heavy atom. The van der Waals surface area contributed by atoms with Gasteiger partial charge in [-0.3, -0.25) is 38.6 Å². The second-order valence-electron chi connectivity index (χ2n) is 21.5. The summed E-state index contributed by atoms with van der Waals surface area (Å²) in [7, 11) is 2.07. The summed E-state index contributed by atoms with van der Waals surface area (Å²) in [6.07, 6.45) is 23.8. The predicted molar refractivity (Wildman–Crippen MR) is 293 cm³/mol. The molecule has 76 heavy (non-hydrogen) atoms. The number of likely N-dealkylation sites (N-methyl/N-ethyl adjacent to an activating group) is 1. The fourth-order valence-electron chi connectivity index (χ4n) is 9.37. The molecule has 0 unspecified atom stereocenters. The smallest absolute Gasteiger partial charge is 0.410 e. The number of rotatable bonds is 46. The summed E-state index contributed by atoms with van der Waals surface area (Å²) in [5.74, 6) is -4.05. The lowest BCUT2D eigenvalue weighted by atomic mass is 10.1. The number of piperazine rings is 1. The molecule has 0 N–H and O–H groups in total. The van der Waals surface area contributed by atoms with E-state index in [0.29, 0.717) is 32.2 Å². The van der Waals surface area contributed by atoms with E-state index in [9.17, 15) is 33.6 Å². The maximum Gasteiger partial charge on any atom is 0.410 e. The van der Waals surface area contributed by atoms with Gasteiger partial charge in [0.2, 0.25) is 0 Å². The first-order valence-electron chi connectivity index (χ1n) is 30.2. The average Bonchev–Trinajstić information content (AvgIpc) is 3.81. The van der Waals surface area contributed by atoms with Crippen LogP contribution in [0.1, 0.15) is 227 Å². The van der Waals surface area contributed by atoms with Crippen molar-refractivity contribution in [2.24, 2.45) is 11.8 Å². The summed E-state index contributed by atoms with van der Waals surface area (Å²) >= 11 is 0. The van der Waals surface area contributed by atoms with Gasteiger partial charge in [0.1, 0.15) is 19.3 Å². The van der Waals surface area contributed by atoms with Gasteiger partial charge in [-0.1, -0.05) is 156 Å². The molecule has 1 amide bonds. The second-order valence-corrected chi connectivity index (χ2v) is 21.5. The van der Waals surface area contributed by atoms with E-state index in [1.54, 1.807) is 0 Å². The fourth-order valence-corrected chi connectivity index (χ4v) is 9.37. The average molecular weight is 1080 g/mol. The lowest BCUT2D eigenvalue weighted by Gasteiger charge is -2.32. The van der Waals surface area contributed by atoms with Crippen molar-refractivity contribution in [1.29, 1.82) is 0 Å². The SMILES string of the molecule is CCCCCCCCC(=O)OCC(COC(=O)CCCCCCCC)CC(=O)OC[C@@H]1C[C@@H](OC(=O)CC(COC(=O)CCCCCCCC)COC(=O)CCCCCCCC)CN1C(=O)OCCN1CCN(C)CC1. The van der Waals surface area contributed by atoms with Gasteiger partial charge in [0, 0.05) is 76.7 Å². The molecule has 2 atom stereocenters. The van der Waals surface area contributed by atoms with Crippen LogP contribution < -0.4 is 0 Å². The number of hydrogen-bond donors (Lipinski definition) is 0. The number of ether oxygens (including phenoxy) is 7. The zero-order valence-corrected chi connectivity index (χ0v) is 48.3. The van der Waals surface area contributed by atoms with Crippen LogP contribution in [0.4, 0.5) is 4.79 Å². The molecule has 2 aliphatic heterocycles. The molecular weight excluding hydrogens is 975 g/mol. The molecule has 0 aromatic carbocycles. The summed E-state index contributed by atoms with van der Waals surface area (Å²) in [4.78, 5) is 97.8. The number of unbranched alkanes of at least 4 members (excludes halogenated alkanes) is 20. The van der Waals surface area contributed by atoms with Gasteiger partial charge in [-0.25, -0.2) is 4.79 Å². The fraction of sp³-hybridized carbons (Fsp3) is 0.881. The Bertz CT molecular complexity index is 1510. The molecule has 0 aromatic heterocycles. The van der Waals surface area contributed by atoms with Crippen LogP contribution >= 0.6 is 0 Å². The Morgan fingerprint density at radius 1 is 0.434 bits per heavy atom. The van der Waals surface area contributed by atoms with Crippen LogP contribution in [-0.2, 0) is 61.9 Å². The van der Waals surface area contributed by atoms with Gasteiger partial charge in [-0.15, -0.1) is 0 Å². The molecular formula is C59H105N3O14. The van der Waals surface area contributed by atoms with Crippen LogP contribution in [-0.4, -0.2) is 155 Å². The van der Waals surface area contributed by atoms with Crippen LogP contribution in [0.3, 0.4) is 0 Å². The Hall–Kier alpha value is -3.99. The van der Waals surface area contributed by atoms with Crippen molar-refractivity contribution in [2.45, 2.75) is 239 Å². The van der Waals surface area contributed by atoms with Crippen molar-refractivity contribution in [3.63, 3.8) is 0 Å².